The van der Waals surface area contributed by atoms with Gasteiger partial charge in [-0.25, -0.2) is 0 Å². The maximum Gasteiger partial charge on any atom is 1.00 e. The Bertz CT molecular complexity index is 875. The molecule has 302 valence electrons. The van der Waals surface area contributed by atoms with Gasteiger partial charge in [-0.3, -0.25) is 14.2 Å². The summed E-state index contributed by atoms with van der Waals surface area (Å²) in [7, 11) is -4.86. The van der Waals surface area contributed by atoms with E-state index in [0.29, 0.717) is 12.8 Å². The third-order valence-corrected chi connectivity index (χ3v) is 9.84. The van der Waals surface area contributed by atoms with Crippen LogP contribution in [-0.2, 0) is 32.7 Å². The smallest absolute Gasteiger partial charge is 0.756 e. The van der Waals surface area contributed by atoms with Gasteiger partial charge in [0.2, 0.25) is 0 Å². The zero-order valence-corrected chi connectivity index (χ0v) is 36.4. The number of hydrogen-bond donors (Lipinski definition) is 2. The molecule has 0 fully saturated rings. The number of esters is 2. The Morgan fingerprint density at radius 3 is 1.42 bits per heavy atom. The number of phosphoric acid groups is 1. The average molecular weight is 771 g/mol. The van der Waals surface area contributed by atoms with E-state index >= 15 is 0 Å². The molecule has 0 saturated heterocycles. The molecule has 0 aromatic rings. The Kier molecular flexibility index (Phi) is 41.8. The standard InChI is InChI=1S/C40H77O10P.Na/c1-3-5-7-9-11-13-15-17-18-20-22-24-26-28-30-32-40(44)50-38(36-49-51(45,46)48-34-37(42)33-41)35-47-39(43)31-29-27-25-23-21-19-16-14-12-10-8-6-4-2;/h17-18,37-38,41-42H,3-16,19-36H2,1-2H3,(H,45,46);/q;+1/p-1/b18-17+;. The van der Waals surface area contributed by atoms with E-state index in [1.54, 1.807) is 0 Å². The molecule has 10 nitrogen and oxygen atoms in total. The molecule has 0 amide bonds. The van der Waals surface area contributed by atoms with Gasteiger partial charge in [0, 0.05) is 12.8 Å². The van der Waals surface area contributed by atoms with E-state index in [1.807, 2.05) is 0 Å². The summed E-state index contributed by atoms with van der Waals surface area (Å²) in [6.07, 6.45) is 32.9. The quantitative estimate of drug-likeness (QED) is 0.0224. The normalized spacial score (nSPS) is 13.8. The molecule has 0 heterocycles. The van der Waals surface area contributed by atoms with E-state index in [4.69, 9.17) is 19.1 Å². The number of carbonyl (C=O) groups is 2. The summed E-state index contributed by atoms with van der Waals surface area (Å²) in [5.41, 5.74) is 0. The van der Waals surface area contributed by atoms with Gasteiger partial charge in [0.05, 0.1) is 19.8 Å². The summed E-state index contributed by atoms with van der Waals surface area (Å²) < 4.78 is 32.3. The van der Waals surface area contributed by atoms with Crippen molar-refractivity contribution < 1.29 is 77.3 Å². The van der Waals surface area contributed by atoms with Gasteiger partial charge in [0.15, 0.2) is 6.10 Å². The molecule has 0 aromatic heterocycles. The van der Waals surface area contributed by atoms with Crippen LogP contribution in [0.15, 0.2) is 12.2 Å². The van der Waals surface area contributed by atoms with E-state index in [0.717, 1.165) is 57.8 Å². The largest absolute Gasteiger partial charge is 1.00 e. The summed E-state index contributed by atoms with van der Waals surface area (Å²) in [4.78, 5) is 37.0. The SMILES string of the molecule is CCCCCCCC/C=C/CCCCCCCC(=O)OC(COC(=O)CCCCCCCCCCCCCCC)COP(=O)([O-])OCC(O)CO.[Na+]. The first-order chi connectivity index (χ1) is 24.7. The van der Waals surface area contributed by atoms with Gasteiger partial charge in [0.25, 0.3) is 7.82 Å². The molecule has 0 saturated carbocycles. The van der Waals surface area contributed by atoms with Crippen molar-refractivity contribution in [2.75, 3.05) is 26.4 Å². The van der Waals surface area contributed by atoms with Crippen molar-refractivity contribution in [3.05, 3.63) is 12.2 Å². The Hall–Kier alpha value is -0.290. The number of hydrogen-bond acceptors (Lipinski definition) is 10. The molecule has 0 aliphatic rings. The van der Waals surface area contributed by atoms with Gasteiger partial charge in [-0.15, -0.1) is 0 Å². The minimum atomic E-state index is -4.86. The molecule has 12 heteroatoms. The van der Waals surface area contributed by atoms with Gasteiger partial charge in [0.1, 0.15) is 12.7 Å². The van der Waals surface area contributed by atoms with Crippen LogP contribution in [0.4, 0.5) is 0 Å². The Labute approximate surface area is 339 Å². The predicted molar refractivity (Wildman–Crippen MR) is 203 cm³/mol. The maximum atomic E-state index is 12.6. The molecule has 0 rings (SSSR count). The van der Waals surface area contributed by atoms with Crippen LogP contribution in [0.2, 0.25) is 0 Å². The minimum absolute atomic E-state index is 0. The zero-order valence-electron chi connectivity index (χ0n) is 33.5. The summed E-state index contributed by atoms with van der Waals surface area (Å²) in [6, 6.07) is 0. The summed E-state index contributed by atoms with van der Waals surface area (Å²) in [5, 5.41) is 18.2. The van der Waals surface area contributed by atoms with Crippen molar-refractivity contribution >= 4 is 19.8 Å². The molecule has 3 unspecified atom stereocenters. The Morgan fingerprint density at radius 1 is 0.596 bits per heavy atom. The number of ether oxygens (including phenoxy) is 2. The van der Waals surface area contributed by atoms with Crippen LogP contribution in [0.25, 0.3) is 0 Å². The summed E-state index contributed by atoms with van der Waals surface area (Å²) >= 11 is 0. The molecule has 0 spiro atoms. The average Bonchev–Trinajstić information content (AvgIpc) is 3.12. The van der Waals surface area contributed by atoms with Crippen LogP contribution >= 0.6 is 7.82 Å². The first kappa shape index (κ1) is 53.8. The summed E-state index contributed by atoms with van der Waals surface area (Å²) in [6.45, 7) is 2.19. The van der Waals surface area contributed by atoms with Crippen LogP contribution in [0.1, 0.15) is 194 Å². The second-order valence-electron chi connectivity index (χ2n) is 14.0. The first-order valence-electron chi connectivity index (χ1n) is 20.6. The first-order valence-corrected chi connectivity index (χ1v) is 22.1. The van der Waals surface area contributed by atoms with E-state index in [9.17, 15) is 24.2 Å². The van der Waals surface area contributed by atoms with E-state index in [-0.39, 0.29) is 49.0 Å². The van der Waals surface area contributed by atoms with Gasteiger partial charge in [-0.2, -0.15) is 0 Å². The van der Waals surface area contributed by atoms with Crippen LogP contribution < -0.4 is 34.5 Å². The van der Waals surface area contributed by atoms with Crippen molar-refractivity contribution in [1.29, 1.82) is 0 Å². The van der Waals surface area contributed by atoms with E-state index < -0.39 is 51.8 Å². The van der Waals surface area contributed by atoms with Gasteiger partial charge >= 0.3 is 41.5 Å². The second-order valence-corrected chi connectivity index (χ2v) is 15.4. The number of phosphoric ester groups is 1. The molecule has 52 heavy (non-hydrogen) atoms. The topological polar surface area (TPSA) is 152 Å². The van der Waals surface area contributed by atoms with Gasteiger partial charge < -0.3 is 33.6 Å². The monoisotopic (exact) mass is 771 g/mol. The molecule has 0 aromatic carbocycles. The van der Waals surface area contributed by atoms with Crippen molar-refractivity contribution in [2.45, 2.75) is 206 Å². The molecule has 0 bridgehead atoms. The van der Waals surface area contributed by atoms with Crippen molar-refractivity contribution in [2.24, 2.45) is 0 Å². The van der Waals surface area contributed by atoms with Crippen LogP contribution in [0, 0.1) is 0 Å². The number of aliphatic hydroxyl groups is 2. The zero-order chi connectivity index (χ0) is 37.7. The van der Waals surface area contributed by atoms with Crippen LogP contribution in [0.3, 0.4) is 0 Å². The second kappa shape index (κ2) is 40.4. The number of rotatable bonds is 39. The fourth-order valence-electron chi connectivity index (χ4n) is 5.69. The molecule has 0 radical (unpaired) electrons. The molecular formula is C40H76NaO10P. The number of aliphatic hydroxyl groups excluding tert-OH is 2. The third kappa shape index (κ3) is 39.4. The molecule has 0 aliphatic carbocycles. The van der Waals surface area contributed by atoms with Gasteiger partial charge in [-0.05, 0) is 38.5 Å². The molecule has 0 aliphatic heterocycles. The molecule has 2 N–H and O–H groups in total. The molecule has 3 atom stereocenters. The van der Waals surface area contributed by atoms with Crippen LogP contribution in [0.5, 0.6) is 0 Å². The fourth-order valence-corrected chi connectivity index (χ4v) is 6.47. The number of allylic oxidation sites excluding steroid dienone is 2. The Morgan fingerprint density at radius 2 is 0.981 bits per heavy atom. The van der Waals surface area contributed by atoms with Crippen LogP contribution in [-0.4, -0.2) is 60.8 Å². The molecular weight excluding hydrogens is 694 g/mol. The number of carbonyl (C=O) groups excluding carboxylic acids is 2. The van der Waals surface area contributed by atoms with E-state index in [1.165, 1.54) is 96.3 Å². The predicted octanol–water partition coefficient (Wildman–Crippen LogP) is 6.82. The summed E-state index contributed by atoms with van der Waals surface area (Å²) in [5.74, 6) is -0.963. The van der Waals surface area contributed by atoms with Gasteiger partial charge in [-0.1, -0.05) is 154 Å². The van der Waals surface area contributed by atoms with Crippen molar-refractivity contribution in [1.82, 2.24) is 0 Å². The van der Waals surface area contributed by atoms with E-state index in [2.05, 4.69) is 30.5 Å². The van der Waals surface area contributed by atoms with Crippen molar-refractivity contribution in [3.8, 4) is 0 Å². The maximum absolute atomic E-state index is 12.6. The fraction of sp³-hybridized carbons (Fsp3) is 0.900. The number of unbranched alkanes of at least 4 members (excludes halogenated alkanes) is 23. The Balaban J connectivity index is 0. The third-order valence-electron chi connectivity index (χ3n) is 8.91. The minimum Gasteiger partial charge on any atom is -0.756 e. The van der Waals surface area contributed by atoms with Crippen molar-refractivity contribution in [3.63, 3.8) is 0 Å².